The van der Waals surface area contributed by atoms with Crippen LogP contribution in [0.5, 0.6) is 0 Å². The van der Waals surface area contributed by atoms with Crippen molar-refractivity contribution in [2.24, 2.45) is 0 Å². The molecule has 3 heterocycles. The monoisotopic (exact) mass is 438 g/mol. The summed E-state index contributed by atoms with van der Waals surface area (Å²) in [5.41, 5.74) is 8.26. The van der Waals surface area contributed by atoms with E-state index in [9.17, 15) is 4.79 Å². The first-order valence-electron chi connectivity index (χ1n) is 9.05. The maximum atomic E-state index is 12.7. The number of nitrogens with zero attached hydrogens (tertiary/aromatic N) is 3. The van der Waals surface area contributed by atoms with Crippen LogP contribution >= 0.6 is 24.8 Å². The van der Waals surface area contributed by atoms with E-state index in [2.05, 4.69) is 20.9 Å². The number of nitrogens with two attached hydrogens (primary N) is 1. The van der Waals surface area contributed by atoms with Crippen LogP contribution in [0.25, 0.3) is 11.3 Å². The number of rotatable bonds is 5. The number of nitrogens with one attached hydrogen (secondary N) is 2. The molecule has 1 aliphatic heterocycles. The van der Waals surface area contributed by atoms with Crippen LogP contribution in [-0.4, -0.2) is 33.9 Å². The number of halogens is 2. The Morgan fingerprint density at radius 3 is 2.69 bits per heavy atom. The molecule has 1 aromatic carbocycles. The van der Waals surface area contributed by atoms with Gasteiger partial charge in [0.15, 0.2) is 0 Å². The van der Waals surface area contributed by atoms with E-state index >= 15 is 0 Å². The van der Waals surface area contributed by atoms with E-state index in [1.165, 1.54) is 0 Å². The summed E-state index contributed by atoms with van der Waals surface area (Å²) in [6.45, 7) is 2.35. The molecule has 1 saturated heterocycles. The Bertz CT molecular complexity index is 922. The van der Waals surface area contributed by atoms with Crippen LogP contribution in [0.2, 0.25) is 0 Å². The summed E-state index contributed by atoms with van der Waals surface area (Å²) < 4.78 is 7.04. The standard InChI is InChI=1S/C19H22N6O2.2ClH/c20-18-16(19(26)22-10-13-4-2-1-3-5-13)17(24-27-18)14-11-23-25(12-14)15-6-8-21-9-7-15;;/h1-5,11-12,15,21H,6-10,20H2,(H,22,26);2*1H. The predicted molar refractivity (Wildman–Crippen MR) is 115 cm³/mol. The molecular formula is C19H24Cl2N6O2. The number of aromatic nitrogens is 3. The van der Waals surface area contributed by atoms with E-state index in [4.69, 9.17) is 10.3 Å². The minimum absolute atomic E-state index is 0. The summed E-state index contributed by atoms with van der Waals surface area (Å²) in [7, 11) is 0. The molecule has 1 fully saturated rings. The van der Waals surface area contributed by atoms with Crippen LogP contribution in [0, 0.1) is 0 Å². The Balaban J connectivity index is 0.00000150. The summed E-state index contributed by atoms with van der Waals surface area (Å²) in [5.74, 6) is -0.313. The molecule has 0 atom stereocenters. The number of hydrogen-bond donors (Lipinski definition) is 3. The smallest absolute Gasteiger partial charge is 0.259 e. The maximum Gasteiger partial charge on any atom is 0.259 e. The van der Waals surface area contributed by atoms with Gasteiger partial charge in [-0.3, -0.25) is 9.48 Å². The molecule has 1 amide bonds. The normalized spacial score (nSPS) is 13.9. The zero-order valence-corrected chi connectivity index (χ0v) is 17.3. The highest BCUT2D eigenvalue weighted by Gasteiger charge is 2.24. The predicted octanol–water partition coefficient (Wildman–Crippen LogP) is 2.82. The summed E-state index contributed by atoms with van der Waals surface area (Å²) in [6, 6.07) is 10.0. The highest BCUT2D eigenvalue weighted by Crippen LogP contribution is 2.28. The average molecular weight is 439 g/mol. The number of carbonyl (C=O) groups excluding carboxylic acids is 1. The van der Waals surface area contributed by atoms with E-state index in [0.29, 0.717) is 18.3 Å². The average Bonchev–Trinajstić information content (AvgIpc) is 3.34. The van der Waals surface area contributed by atoms with Gasteiger partial charge in [-0.15, -0.1) is 24.8 Å². The summed E-state index contributed by atoms with van der Waals surface area (Å²) >= 11 is 0. The van der Waals surface area contributed by atoms with Gasteiger partial charge in [0.25, 0.3) is 5.91 Å². The van der Waals surface area contributed by atoms with Crippen molar-refractivity contribution in [2.45, 2.75) is 25.4 Å². The molecule has 10 heteroatoms. The zero-order chi connectivity index (χ0) is 18.6. The van der Waals surface area contributed by atoms with Crippen molar-refractivity contribution in [3.05, 3.63) is 53.9 Å². The lowest BCUT2D eigenvalue weighted by atomic mass is 10.1. The Kier molecular flexibility index (Phi) is 8.07. The van der Waals surface area contributed by atoms with E-state index in [1.807, 2.05) is 41.2 Å². The van der Waals surface area contributed by atoms with Crippen molar-refractivity contribution in [3.63, 3.8) is 0 Å². The van der Waals surface area contributed by atoms with Gasteiger partial charge in [-0.1, -0.05) is 35.5 Å². The van der Waals surface area contributed by atoms with Crippen LogP contribution in [-0.2, 0) is 6.54 Å². The third kappa shape index (κ3) is 5.09. The number of anilines is 1. The molecule has 0 radical (unpaired) electrons. The molecule has 0 saturated carbocycles. The molecule has 0 unspecified atom stereocenters. The zero-order valence-electron chi connectivity index (χ0n) is 15.7. The number of amides is 1. The third-order valence-electron chi connectivity index (χ3n) is 4.80. The number of nitrogen functional groups attached to an aromatic ring is 1. The van der Waals surface area contributed by atoms with E-state index in [-0.39, 0.29) is 42.2 Å². The number of benzene rings is 1. The van der Waals surface area contributed by atoms with Crippen LogP contribution in [0.3, 0.4) is 0 Å². The highest BCUT2D eigenvalue weighted by molar-refractivity contribution is 6.03. The van der Waals surface area contributed by atoms with Crippen molar-refractivity contribution < 1.29 is 9.32 Å². The van der Waals surface area contributed by atoms with Gasteiger partial charge in [0.1, 0.15) is 11.3 Å². The first-order valence-corrected chi connectivity index (χ1v) is 9.05. The molecule has 3 aromatic rings. The molecule has 1 aliphatic rings. The van der Waals surface area contributed by atoms with E-state index < -0.39 is 0 Å². The molecule has 8 nitrogen and oxygen atoms in total. The Hall–Kier alpha value is -2.55. The van der Waals surface area contributed by atoms with Gasteiger partial charge in [-0.25, -0.2) is 0 Å². The summed E-state index contributed by atoms with van der Waals surface area (Å²) in [5, 5.41) is 14.7. The quantitative estimate of drug-likeness (QED) is 0.564. The van der Waals surface area contributed by atoms with Crippen molar-refractivity contribution in [1.82, 2.24) is 25.6 Å². The molecule has 0 spiro atoms. The van der Waals surface area contributed by atoms with Gasteiger partial charge >= 0.3 is 0 Å². The number of carbonyl (C=O) groups is 1. The third-order valence-corrected chi connectivity index (χ3v) is 4.80. The molecule has 2 aromatic heterocycles. The van der Waals surface area contributed by atoms with Gasteiger partial charge in [-0.2, -0.15) is 5.10 Å². The molecular weight excluding hydrogens is 415 g/mol. The minimum atomic E-state index is -0.317. The lowest BCUT2D eigenvalue weighted by Crippen LogP contribution is -2.29. The first-order chi connectivity index (χ1) is 13.2. The van der Waals surface area contributed by atoms with E-state index in [0.717, 1.165) is 37.1 Å². The molecule has 29 heavy (non-hydrogen) atoms. The fourth-order valence-corrected chi connectivity index (χ4v) is 3.32. The maximum absolute atomic E-state index is 12.7. The van der Waals surface area contributed by atoms with Crippen LogP contribution in [0.4, 0.5) is 5.88 Å². The van der Waals surface area contributed by atoms with Gasteiger partial charge < -0.3 is 20.9 Å². The van der Waals surface area contributed by atoms with Crippen molar-refractivity contribution in [2.75, 3.05) is 18.8 Å². The molecule has 0 aliphatic carbocycles. The lowest BCUT2D eigenvalue weighted by molar-refractivity contribution is 0.0952. The molecule has 4 N–H and O–H groups in total. The van der Waals surface area contributed by atoms with Crippen molar-refractivity contribution in [1.29, 1.82) is 0 Å². The Morgan fingerprint density at radius 1 is 1.24 bits per heavy atom. The van der Waals surface area contributed by atoms with Crippen LogP contribution < -0.4 is 16.4 Å². The fraction of sp³-hybridized carbons (Fsp3) is 0.316. The SMILES string of the molecule is Cl.Cl.Nc1onc(-c2cnn(C3CCNCC3)c2)c1C(=O)NCc1ccccc1. The van der Waals surface area contributed by atoms with Gasteiger partial charge in [-0.05, 0) is 31.5 Å². The van der Waals surface area contributed by atoms with Crippen molar-refractivity contribution >= 4 is 36.6 Å². The van der Waals surface area contributed by atoms with Gasteiger partial charge in [0, 0.05) is 18.3 Å². The summed E-state index contributed by atoms with van der Waals surface area (Å²) in [6.07, 6.45) is 5.65. The molecule has 4 rings (SSSR count). The second-order valence-electron chi connectivity index (χ2n) is 6.63. The van der Waals surface area contributed by atoms with Crippen LogP contribution in [0.15, 0.2) is 47.2 Å². The second kappa shape index (κ2) is 10.3. The second-order valence-corrected chi connectivity index (χ2v) is 6.63. The molecule has 156 valence electrons. The largest absolute Gasteiger partial charge is 0.367 e. The Labute approximate surface area is 181 Å². The number of piperidine rings is 1. The molecule has 0 bridgehead atoms. The Morgan fingerprint density at radius 2 is 1.97 bits per heavy atom. The first kappa shape index (κ1) is 22.7. The topological polar surface area (TPSA) is 111 Å². The van der Waals surface area contributed by atoms with Crippen molar-refractivity contribution in [3.8, 4) is 11.3 Å². The minimum Gasteiger partial charge on any atom is -0.367 e. The number of hydrogen-bond acceptors (Lipinski definition) is 6. The van der Waals surface area contributed by atoms with Crippen LogP contribution in [0.1, 0.15) is 34.8 Å². The lowest BCUT2D eigenvalue weighted by Gasteiger charge is -2.22. The van der Waals surface area contributed by atoms with Gasteiger partial charge in [0.05, 0.1) is 12.2 Å². The summed E-state index contributed by atoms with van der Waals surface area (Å²) in [4.78, 5) is 12.7. The fourth-order valence-electron chi connectivity index (χ4n) is 3.32. The van der Waals surface area contributed by atoms with Gasteiger partial charge in [0.2, 0.25) is 5.88 Å². The van der Waals surface area contributed by atoms with E-state index in [1.54, 1.807) is 6.20 Å². The highest BCUT2D eigenvalue weighted by atomic mass is 35.5.